The van der Waals surface area contributed by atoms with Gasteiger partial charge in [0.2, 0.25) is 0 Å². The highest BCUT2D eigenvalue weighted by molar-refractivity contribution is 5.56. The zero-order valence-corrected chi connectivity index (χ0v) is 8.55. The number of rotatable bonds is 1. The van der Waals surface area contributed by atoms with E-state index in [0.717, 1.165) is 13.1 Å². The van der Waals surface area contributed by atoms with Crippen molar-refractivity contribution < 1.29 is 4.39 Å². The van der Waals surface area contributed by atoms with Crippen LogP contribution < -0.4 is 10.6 Å². The van der Waals surface area contributed by atoms with Crippen molar-refractivity contribution in [1.29, 1.82) is 0 Å². The Labute approximate surface area is 83.5 Å². The predicted molar refractivity (Wildman–Crippen MR) is 56.8 cm³/mol. The Kier molecular flexibility index (Phi) is 1.91. The van der Waals surface area contributed by atoms with Crippen LogP contribution in [0.15, 0.2) is 18.2 Å². The van der Waals surface area contributed by atoms with Crippen LogP contribution in [0, 0.1) is 11.2 Å². The minimum atomic E-state index is -0.222. The molecule has 1 saturated heterocycles. The molecule has 0 saturated carbocycles. The molecule has 2 rings (SSSR count). The van der Waals surface area contributed by atoms with Crippen molar-refractivity contribution in [2.75, 3.05) is 23.7 Å². The SMILES string of the molecule is CC1(C)CN(c2ccc(N)cc2F)C1. The molecule has 14 heavy (non-hydrogen) atoms. The van der Waals surface area contributed by atoms with Crippen molar-refractivity contribution >= 4 is 11.4 Å². The van der Waals surface area contributed by atoms with Crippen molar-refractivity contribution in [2.45, 2.75) is 13.8 Å². The maximum atomic E-state index is 13.5. The van der Waals surface area contributed by atoms with Gasteiger partial charge in [-0.2, -0.15) is 0 Å². The summed E-state index contributed by atoms with van der Waals surface area (Å²) < 4.78 is 13.5. The summed E-state index contributed by atoms with van der Waals surface area (Å²) in [5.74, 6) is -0.222. The second-order valence-corrected chi connectivity index (χ2v) is 4.73. The van der Waals surface area contributed by atoms with Crippen LogP contribution in [0.4, 0.5) is 15.8 Å². The molecule has 2 N–H and O–H groups in total. The third kappa shape index (κ3) is 1.54. The van der Waals surface area contributed by atoms with Crippen LogP contribution in [0.25, 0.3) is 0 Å². The molecule has 0 aromatic heterocycles. The van der Waals surface area contributed by atoms with E-state index in [4.69, 9.17) is 5.73 Å². The van der Waals surface area contributed by atoms with E-state index in [2.05, 4.69) is 13.8 Å². The topological polar surface area (TPSA) is 29.3 Å². The Balaban J connectivity index is 2.19. The molecule has 1 aromatic carbocycles. The molecule has 1 fully saturated rings. The standard InChI is InChI=1S/C11H15FN2/c1-11(2)6-14(7-11)10-4-3-8(13)5-9(10)12/h3-5H,6-7,13H2,1-2H3. The molecule has 2 nitrogen and oxygen atoms in total. The van der Waals surface area contributed by atoms with Crippen LogP contribution in [-0.2, 0) is 0 Å². The second kappa shape index (κ2) is 2.87. The van der Waals surface area contributed by atoms with E-state index in [1.165, 1.54) is 6.07 Å². The molecule has 3 heteroatoms. The van der Waals surface area contributed by atoms with Gasteiger partial charge in [-0.25, -0.2) is 4.39 Å². The number of hydrogen-bond donors (Lipinski definition) is 1. The summed E-state index contributed by atoms with van der Waals surface area (Å²) in [4.78, 5) is 2.04. The van der Waals surface area contributed by atoms with E-state index < -0.39 is 0 Å². The minimum Gasteiger partial charge on any atom is -0.399 e. The fourth-order valence-corrected chi connectivity index (χ4v) is 1.94. The number of benzene rings is 1. The van der Waals surface area contributed by atoms with E-state index in [9.17, 15) is 4.39 Å². The molecule has 0 spiro atoms. The van der Waals surface area contributed by atoms with E-state index in [-0.39, 0.29) is 5.82 Å². The number of nitrogens with two attached hydrogens (primary N) is 1. The van der Waals surface area contributed by atoms with Gasteiger partial charge in [0.25, 0.3) is 0 Å². The molecule has 0 atom stereocenters. The predicted octanol–water partition coefficient (Wildman–Crippen LogP) is 2.25. The number of anilines is 2. The van der Waals surface area contributed by atoms with Gasteiger partial charge in [0.15, 0.2) is 0 Å². The quantitative estimate of drug-likeness (QED) is 0.695. The zero-order chi connectivity index (χ0) is 10.3. The smallest absolute Gasteiger partial charge is 0.148 e. The van der Waals surface area contributed by atoms with E-state index in [1.54, 1.807) is 12.1 Å². The Morgan fingerprint density at radius 3 is 2.50 bits per heavy atom. The third-order valence-corrected chi connectivity index (χ3v) is 2.55. The lowest BCUT2D eigenvalue weighted by molar-refractivity contribution is 0.274. The molecule has 0 radical (unpaired) electrons. The summed E-state index contributed by atoms with van der Waals surface area (Å²) >= 11 is 0. The normalized spacial score (nSPS) is 19.2. The number of halogens is 1. The average molecular weight is 194 g/mol. The maximum Gasteiger partial charge on any atom is 0.148 e. The van der Waals surface area contributed by atoms with E-state index >= 15 is 0 Å². The van der Waals surface area contributed by atoms with Gasteiger partial charge in [-0.15, -0.1) is 0 Å². The molecule has 0 unspecified atom stereocenters. The maximum absolute atomic E-state index is 13.5. The third-order valence-electron chi connectivity index (χ3n) is 2.55. The van der Waals surface area contributed by atoms with Crippen LogP contribution >= 0.6 is 0 Å². The summed E-state index contributed by atoms with van der Waals surface area (Å²) in [6.07, 6.45) is 0. The minimum absolute atomic E-state index is 0.222. The lowest BCUT2D eigenvalue weighted by atomic mass is 9.84. The molecule has 0 aliphatic carbocycles. The molecule has 0 bridgehead atoms. The molecule has 76 valence electrons. The lowest BCUT2D eigenvalue weighted by Gasteiger charge is -2.47. The van der Waals surface area contributed by atoms with Gasteiger partial charge < -0.3 is 10.6 Å². The van der Waals surface area contributed by atoms with E-state index in [1.807, 2.05) is 4.90 Å². The summed E-state index contributed by atoms with van der Waals surface area (Å²) in [5, 5.41) is 0. The van der Waals surface area contributed by atoms with Crippen LogP contribution in [0.5, 0.6) is 0 Å². The highest BCUT2D eigenvalue weighted by Crippen LogP contribution is 2.35. The molecule has 1 aliphatic heterocycles. The largest absolute Gasteiger partial charge is 0.399 e. The monoisotopic (exact) mass is 194 g/mol. The second-order valence-electron chi connectivity index (χ2n) is 4.73. The zero-order valence-electron chi connectivity index (χ0n) is 8.55. The van der Waals surface area contributed by atoms with Crippen molar-refractivity contribution in [3.63, 3.8) is 0 Å². The van der Waals surface area contributed by atoms with Gasteiger partial charge in [-0.3, -0.25) is 0 Å². The van der Waals surface area contributed by atoms with Crippen molar-refractivity contribution in [3.05, 3.63) is 24.0 Å². The van der Waals surface area contributed by atoms with Gasteiger partial charge >= 0.3 is 0 Å². The fourth-order valence-electron chi connectivity index (χ4n) is 1.94. The lowest BCUT2D eigenvalue weighted by Crippen LogP contribution is -2.53. The Bertz CT molecular complexity index is 352. The van der Waals surface area contributed by atoms with Gasteiger partial charge in [-0.1, -0.05) is 13.8 Å². The summed E-state index contributed by atoms with van der Waals surface area (Å²) in [7, 11) is 0. The summed E-state index contributed by atoms with van der Waals surface area (Å²) in [5.41, 5.74) is 6.94. The fraction of sp³-hybridized carbons (Fsp3) is 0.455. The van der Waals surface area contributed by atoms with Gasteiger partial charge in [0, 0.05) is 18.8 Å². The molecule has 1 aromatic rings. The Morgan fingerprint density at radius 1 is 1.36 bits per heavy atom. The van der Waals surface area contributed by atoms with Crippen LogP contribution in [0.2, 0.25) is 0 Å². The van der Waals surface area contributed by atoms with Crippen LogP contribution in [0.3, 0.4) is 0 Å². The first-order chi connectivity index (χ1) is 6.48. The highest BCUT2D eigenvalue weighted by atomic mass is 19.1. The van der Waals surface area contributed by atoms with Crippen molar-refractivity contribution in [1.82, 2.24) is 0 Å². The van der Waals surface area contributed by atoms with Crippen molar-refractivity contribution in [3.8, 4) is 0 Å². The molecular formula is C11H15FN2. The van der Waals surface area contributed by atoms with Crippen LogP contribution in [-0.4, -0.2) is 13.1 Å². The van der Waals surface area contributed by atoms with Gasteiger partial charge in [0.1, 0.15) is 5.82 Å². The summed E-state index contributed by atoms with van der Waals surface area (Å²) in [6.45, 7) is 6.18. The average Bonchev–Trinajstić information content (AvgIpc) is 2.00. The molecular weight excluding hydrogens is 179 g/mol. The first-order valence-corrected chi connectivity index (χ1v) is 4.78. The first-order valence-electron chi connectivity index (χ1n) is 4.78. The number of nitrogens with zero attached hydrogens (tertiary/aromatic N) is 1. The van der Waals surface area contributed by atoms with Gasteiger partial charge in [0.05, 0.1) is 5.69 Å². The molecule has 1 heterocycles. The van der Waals surface area contributed by atoms with Gasteiger partial charge in [-0.05, 0) is 23.6 Å². The Hall–Kier alpha value is -1.25. The van der Waals surface area contributed by atoms with Crippen LogP contribution in [0.1, 0.15) is 13.8 Å². The Morgan fingerprint density at radius 2 is 2.00 bits per heavy atom. The van der Waals surface area contributed by atoms with E-state index in [0.29, 0.717) is 16.8 Å². The number of nitrogen functional groups attached to an aromatic ring is 1. The molecule has 1 aliphatic rings. The van der Waals surface area contributed by atoms with Crippen molar-refractivity contribution in [2.24, 2.45) is 5.41 Å². The summed E-state index contributed by atoms with van der Waals surface area (Å²) in [6, 6.07) is 4.87. The number of hydrogen-bond acceptors (Lipinski definition) is 2. The highest BCUT2D eigenvalue weighted by Gasteiger charge is 2.35. The first kappa shape index (κ1) is 9.31. The molecule has 0 amide bonds.